The first-order valence-corrected chi connectivity index (χ1v) is 5.18. The van der Waals surface area contributed by atoms with E-state index < -0.39 is 0 Å². The summed E-state index contributed by atoms with van der Waals surface area (Å²) in [6, 6.07) is 4.28. The van der Waals surface area contributed by atoms with Gasteiger partial charge in [0.1, 0.15) is 5.82 Å². The largest absolute Gasteiger partial charge is 0.441 e. The maximum atomic E-state index is 13.5. The third-order valence-electron chi connectivity index (χ3n) is 2.11. The van der Waals surface area contributed by atoms with Gasteiger partial charge in [-0.05, 0) is 18.2 Å². The van der Waals surface area contributed by atoms with Gasteiger partial charge in [-0.15, -0.1) is 0 Å². The van der Waals surface area contributed by atoms with Crippen molar-refractivity contribution in [2.75, 3.05) is 6.54 Å². The predicted octanol–water partition coefficient (Wildman–Crippen LogP) is 2.64. The Bertz CT molecular complexity index is 498. The predicted molar refractivity (Wildman–Crippen MR) is 59.7 cm³/mol. The molecule has 84 valence electrons. The van der Waals surface area contributed by atoms with Gasteiger partial charge in [0.05, 0.1) is 11.8 Å². The van der Waals surface area contributed by atoms with Crippen molar-refractivity contribution in [3.63, 3.8) is 0 Å². The molecule has 0 amide bonds. The van der Waals surface area contributed by atoms with Crippen LogP contribution in [0.1, 0.15) is 5.89 Å². The molecule has 0 aliphatic rings. The number of hydrogen-bond acceptors (Lipinski definition) is 3. The highest BCUT2D eigenvalue weighted by Gasteiger charge is 2.11. The fourth-order valence-corrected chi connectivity index (χ4v) is 1.53. The summed E-state index contributed by atoms with van der Waals surface area (Å²) in [5.74, 6) is 0.472. The molecule has 0 aliphatic heterocycles. The van der Waals surface area contributed by atoms with E-state index in [0.717, 1.165) is 0 Å². The average Bonchev–Trinajstić information content (AvgIpc) is 2.71. The van der Waals surface area contributed by atoms with Gasteiger partial charge in [-0.2, -0.15) is 0 Å². The molecule has 16 heavy (non-hydrogen) atoms. The van der Waals surface area contributed by atoms with Crippen LogP contribution < -0.4 is 5.73 Å². The molecular weight excluding hydrogens is 231 g/mol. The summed E-state index contributed by atoms with van der Waals surface area (Å²) in [5.41, 5.74) is 5.68. The molecule has 2 N–H and O–H groups in total. The molecule has 0 aliphatic carbocycles. The minimum Gasteiger partial charge on any atom is -0.441 e. The highest BCUT2D eigenvalue weighted by atomic mass is 35.5. The van der Waals surface area contributed by atoms with E-state index in [2.05, 4.69) is 4.98 Å². The monoisotopic (exact) mass is 240 g/mol. The summed E-state index contributed by atoms with van der Waals surface area (Å²) in [7, 11) is 0. The van der Waals surface area contributed by atoms with Crippen LogP contribution in [0, 0.1) is 5.82 Å². The summed E-state index contributed by atoms with van der Waals surface area (Å²) in [5, 5.41) is 0.452. The summed E-state index contributed by atoms with van der Waals surface area (Å²) >= 11 is 5.79. The zero-order valence-electron chi connectivity index (χ0n) is 8.41. The van der Waals surface area contributed by atoms with Crippen molar-refractivity contribution >= 4 is 11.6 Å². The van der Waals surface area contributed by atoms with Crippen molar-refractivity contribution < 1.29 is 8.81 Å². The van der Waals surface area contributed by atoms with E-state index in [1.807, 2.05) is 0 Å². The Hall–Kier alpha value is -1.39. The van der Waals surface area contributed by atoms with Gasteiger partial charge in [0, 0.05) is 18.0 Å². The quantitative estimate of drug-likeness (QED) is 0.897. The molecule has 0 spiro atoms. The van der Waals surface area contributed by atoms with E-state index in [0.29, 0.717) is 35.2 Å². The average molecular weight is 241 g/mol. The Labute approximate surface area is 97.0 Å². The van der Waals surface area contributed by atoms with Crippen LogP contribution in [0.4, 0.5) is 4.39 Å². The van der Waals surface area contributed by atoms with Crippen molar-refractivity contribution in [2.45, 2.75) is 6.42 Å². The number of rotatable bonds is 3. The first kappa shape index (κ1) is 11.1. The molecule has 1 heterocycles. The maximum absolute atomic E-state index is 13.5. The summed E-state index contributed by atoms with van der Waals surface area (Å²) in [6.07, 6.45) is 2.00. The Kier molecular flexibility index (Phi) is 3.22. The number of nitrogens with zero attached hydrogens (tertiary/aromatic N) is 1. The molecule has 0 bridgehead atoms. The highest BCUT2D eigenvalue weighted by molar-refractivity contribution is 6.30. The van der Waals surface area contributed by atoms with Crippen LogP contribution in [-0.4, -0.2) is 11.5 Å². The fourth-order valence-electron chi connectivity index (χ4n) is 1.36. The van der Waals surface area contributed by atoms with Crippen LogP contribution in [-0.2, 0) is 6.42 Å². The van der Waals surface area contributed by atoms with E-state index in [9.17, 15) is 4.39 Å². The van der Waals surface area contributed by atoms with Crippen LogP contribution in [0.15, 0.2) is 28.8 Å². The molecule has 1 aromatic heterocycles. The number of aromatic nitrogens is 1. The highest BCUT2D eigenvalue weighted by Crippen LogP contribution is 2.26. The number of halogens is 2. The zero-order valence-corrected chi connectivity index (χ0v) is 9.17. The second-order valence-electron chi connectivity index (χ2n) is 3.28. The van der Waals surface area contributed by atoms with Crippen LogP contribution in [0.5, 0.6) is 0 Å². The Balaban J connectivity index is 2.38. The van der Waals surface area contributed by atoms with E-state index in [-0.39, 0.29) is 5.82 Å². The Morgan fingerprint density at radius 2 is 2.25 bits per heavy atom. The standard InChI is InChI=1S/C11H10ClFN2O/c12-7-1-2-9(13)8(5-7)10-6-15-11(16-10)3-4-14/h1-2,5-6H,3-4,14H2. The van der Waals surface area contributed by atoms with Crippen molar-refractivity contribution in [1.82, 2.24) is 4.98 Å². The molecule has 0 radical (unpaired) electrons. The second-order valence-corrected chi connectivity index (χ2v) is 3.72. The lowest BCUT2D eigenvalue weighted by atomic mass is 10.2. The first-order chi connectivity index (χ1) is 7.70. The molecule has 0 saturated carbocycles. The van der Waals surface area contributed by atoms with E-state index >= 15 is 0 Å². The molecular formula is C11H10ClFN2O. The summed E-state index contributed by atoms with van der Waals surface area (Å²) in [4.78, 5) is 4.00. The topological polar surface area (TPSA) is 52.0 Å². The summed E-state index contributed by atoms with van der Waals surface area (Å²) in [6.45, 7) is 0.442. The van der Waals surface area contributed by atoms with E-state index in [4.69, 9.17) is 21.8 Å². The number of nitrogens with two attached hydrogens (primary N) is 1. The van der Waals surface area contributed by atoms with Crippen molar-refractivity contribution in [1.29, 1.82) is 0 Å². The third-order valence-corrected chi connectivity index (χ3v) is 2.34. The minimum atomic E-state index is -0.389. The van der Waals surface area contributed by atoms with Gasteiger partial charge in [0.2, 0.25) is 0 Å². The van der Waals surface area contributed by atoms with Crippen LogP contribution in [0.25, 0.3) is 11.3 Å². The van der Waals surface area contributed by atoms with Crippen molar-refractivity contribution in [3.05, 3.63) is 41.1 Å². The van der Waals surface area contributed by atoms with Gasteiger partial charge >= 0.3 is 0 Å². The molecule has 0 atom stereocenters. The zero-order chi connectivity index (χ0) is 11.5. The van der Waals surface area contributed by atoms with Crippen molar-refractivity contribution in [2.24, 2.45) is 5.73 Å². The second kappa shape index (κ2) is 4.63. The number of oxazole rings is 1. The van der Waals surface area contributed by atoms with Crippen LogP contribution in [0.3, 0.4) is 0 Å². The Morgan fingerprint density at radius 3 is 3.00 bits per heavy atom. The Morgan fingerprint density at radius 1 is 1.44 bits per heavy atom. The van der Waals surface area contributed by atoms with Gasteiger partial charge in [0.25, 0.3) is 0 Å². The molecule has 0 saturated heterocycles. The normalized spacial score (nSPS) is 10.7. The van der Waals surface area contributed by atoms with Gasteiger partial charge in [-0.1, -0.05) is 11.6 Å². The molecule has 1 aromatic carbocycles. The first-order valence-electron chi connectivity index (χ1n) is 4.81. The molecule has 2 rings (SSSR count). The lowest BCUT2D eigenvalue weighted by Gasteiger charge is -1.99. The van der Waals surface area contributed by atoms with E-state index in [1.54, 1.807) is 0 Å². The van der Waals surface area contributed by atoms with Gasteiger partial charge in [-0.25, -0.2) is 9.37 Å². The van der Waals surface area contributed by atoms with Gasteiger partial charge in [-0.3, -0.25) is 0 Å². The van der Waals surface area contributed by atoms with Gasteiger partial charge < -0.3 is 10.2 Å². The molecule has 0 fully saturated rings. The molecule has 3 nitrogen and oxygen atoms in total. The third kappa shape index (κ3) is 2.23. The molecule has 0 unspecified atom stereocenters. The lowest BCUT2D eigenvalue weighted by molar-refractivity contribution is 0.504. The fraction of sp³-hybridized carbons (Fsp3) is 0.182. The SMILES string of the molecule is NCCc1ncc(-c2cc(Cl)ccc2F)o1. The number of benzene rings is 1. The molecule has 2 aromatic rings. The molecule has 5 heteroatoms. The maximum Gasteiger partial charge on any atom is 0.196 e. The smallest absolute Gasteiger partial charge is 0.196 e. The number of hydrogen-bond donors (Lipinski definition) is 1. The van der Waals surface area contributed by atoms with Crippen LogP contribution in [0.2, 0.25) is 5.02 Å². The van der Waals surface area contributed by atoms with Crippen molar-refractivity contribution in [3.8, 4) is 11.3 Å². The van der Waals surface area contributed by atoms with E-state index in [1.165, 1.54) is 24.4 Å². The summed E-state index contributed by atoms with van der Waals surface area (Å²) < 4.78 is 18.8. The van der Waals surface area contributed by atoms with Crippen LogP contribution >= 0.6 is 11.6 Å². The minimum absolute atomic E-state index is 0.309. The lowest BCUT2D eigenvalue weighted by Crippen LogP contribution is -2.02. The van der Waals surface area contributed by atoms with Gasteiger partial charge in [0.15, 0.2) is 11.7 Å².